The van der Waals surface area contributed by atoms with Gasteiger partial charge < -0.3 is 15.7 Å². The molecule has 0 radical (unpaired) electrons. The highest BCUT2D eigenvalue weighted by Crippen LogP contribution is 2.24. The highest BCUT2D eigenvalue weighted by molar-refractivity contribution is 7.13. The lowest BCUT2D eigenvalue weighted by Crippen LogP contribution is -2.41. The smallest absolute Gasteiger partial charge is 0.319 e. The first kappa shape index (κ1) is 17.4. The number of hydrogen-bond donors (Lipinski definition) is 3. The molecule has 124 valence electrons. The SMILES string of the molecule is Cc1csc(-c2ccc(NC(=O)NC(CCO)C(C)C)cc2)n1. The monoisotopic (exact) mass is 333 g/mol. The fourth-order valence-electron chi connectivity index (χ4n) is 2.23. The van der Waals surface area contributed by atoms with Gasteiger partial charge in [0, 0.05) is 35.0 Å². The van der Waals surface area contributed by atoms with Gasteiger partial charge in [0.25, 0.3) is 0 Å². The van der Waals surface area contributed by atoms with Crippen LogP contribution in [0.4, 0.5) is 10.5 Å². The molecule has 23 heavy (non-hydrogen) atoms. The Kier molecular flexibility index (Phi) is 6.12. The van der Waals surface area contributed by atoms with Gasteiger partial charge in [-0.2, -0.15) is 0 Å². The van der Waals surface area contributed by atoms with Crippen molar-refractivity contribution >= 4 is 23.1 Å². The largest absolute Gasteiger partial charge is 0.396 e. The van der Waals surface area contributed by atoms with Crippen LogP contribution in [0.25, 0.3) is 10.6 Å². The first-order chi connectivity index (χ1) is 11.0. The van der Waals surface area contributed by atoms with Crippen molar-refractivity contribution < 1.29 is 9.90 Å². The minimum Gasteiger partial charge on any atom is -0.396 e. The van der Waals surface area contributed by atoms with Crippen molar-refractivity contribution in [1.29, 1.82) is 0 Å². The fraction of sp³-hybridized carbons (Fsp3) is 0.412. The molecule has 0 aliphatic carbocycles. The summed E-state index contributed by atoms with van der Waals surface area (Å²) in [5.41, 5.74) is 2.77. The summed E-state index contributed by atoms with van der Waals surface area (Å²) in [5.74, 6) is 0.267. The molecule has 1 heterocycles. The number of nitrogens with one attached hydrogen (secondary N) is 2. The summed E-state index contributed by atoms with van der Waals surface area (Å²) in [5, 5.41) is 17.8. The van der Waals surface area contributed by atoms with Crippen LogP contribution in [-0.4, -0.2) is 28.8 Å². The number of hydrogen-bond acceptors (Lipinski definition) is 4. The molecule has 0 aliphatic rings. The molecule has 2 amide bonds. The van der Waals surface area contributed by atoms with Gasteiger partial charge in [-0.05, 0) is 43.5 Å². The van der Waals surface area contributed by atoms with Crippen molar-refractivity contribution in [1.82, 2.24) is 10.3 Å². The number of anilines is 1. The summed E-state index contributed by atoms with van der Waals surface area (Å²) in [4.78, 5) is 16.5. The Hall–Kier alpha value is -1.92. The number of carbonyl (C=O) groups is 1. The van der Waals surface area contributed by atoms with E-state index in [1.165, 1.54) is 0 Å². The molecule has 0 saturated heterocycles. The number of aromatic nitrogens is 1. The summed E-state index contributed by atoms with van der Waals surface area (Å²) in [6.07, 6.45) is 0.549. The Labute approximate surface area is 140 Å². The van der Waals surface area contributed by atoms with Gasteiger partial charge in [-0.1, -0.05) is 13.8 Å². The van der Waals surface area contributed by atoms with E-state index in [4.69, 9.17) is 5.11 Å². The number of thiazole rings is 1. The molecule has 1 aromatic heterocycles. The Bertz CT molecular complexity index is 638. The molecular formula is C17H23N3O2S. The van der Waals surface area contributed by atoms with Gasteiger partial charge in [0.15, 0.2) is 0 Å². The second kappa shape index (κ2) is 8.08. The maximum atomic E-state index is 12.0. The van der Waals surface area contributed by atoms with Crippen LogP contribution in [0.3, 0.4) is 0 Å². The zero-order valence-electron chi connectivity index (χ0n) is 13.7. The van der Waals surface area contributed by atoms with E-state index in [0.29, 0.717) is 6.42 Å². The van der Waals surface area contributed by atoms with Gasteiger partial charge in [-0.25, -0.2) is 9.78 Å². The molecule has 2 aromatic rings. The molecular weight excluding hydrogens is 310 g/mol. The minimum atomic E-state index is -0.255. The molecule has 2 rings (SSSR count). The maximum Gasteiger partial charge on any atom is 0.319 e. The first-order valence-corrected chi connectivity index (χ1v) is 8.58. The van der Waals surface area contributed by atoms with Crippen LogP contribution >= 0.6 is 11.3 Å². The number of aryl methyl sites for hydroxylation is 1. The molecule has 1 atom stereocenters. The van der Waals surface area contributed by atoms with Crippen molar-refractivity contribution in [3.8, 4) is 10.6 Å². The van der Waals surface area contributed by atoms with Gasteiger partial charge in [0.2, 0.25) is 0 Å². The number of nitrogens with zero attached hydrogens (tertiary/aromatic N) is 1. The van der Waals surface area contributed by atoms with E-state index < -0.39 is 0 Å². The molecule has 5 nitrogen and oxygen atoms in total. The van der Waals surface area contributed by atoms with E-state index >= 15 is 0 Å². The van der Waals surface area contributed by atoms with Crippen molar-refractivity contribution in [3.05, 3.63) is 35.3 Å². The molecule has 1 unspecified atom stereocenters. The topological polar surface area (TPSA) is 74.2 Å². The summed E-state index contributed by atoms with van der Waals surface area (Å²) in [6, 6.07) is 7.32. The molecule has 0 aliphatic heterocycles. The second-order valence-electron chi connectivity index (χ2n) is 5.83. The van der Waals surface area contributed by atoms with Crippen molar-refractivity contribution in [2.24, 2.45) is 5.92 Å². The van der Waals surface area contributed by atoms with E-state index in [1.54, 1.807) is 11.3 Å². The number of carbonyl (C=O) groups excluding carboxylic acids is 1. The number of urea groups is 1. The predicted octanol–water partition coefficient (Wildman–Crippen LogP) is 3.65. The standard InChI is InChI=1S/C17H23N3O2S/c1-11(2)15(8-9-21)20-17(22)19-14-6-4-13(5-7-14)16-18-12(3)10-23-16/h4-7,10-11,15,21H,8-9H2,1-3H3,(H2,19,20,22). The van der Waals surface area contributed by atoms with E-state index in [0.717, 1.165) is 22.0 Å². The Morgan fingerprint density at radius 1 is 1.30 bits per heavy atom. The summed E-state index contributed by atoms with van der Waals surface area (Å²) >= 11 is 1.61. The Balaban J connectivity index is 1.96. The molecule has 1 aromatic carbocycles. The number of aliphatic hydroxyl groups excluding tert-OH is 1. The van der Waals surface area contributed by atoms with Gasteiger partial charge in [0.1, 0.15) is 5.01 Å². The third-order valence-electron chi connectivity index (χ3n) is 3.57. The van der Waals surface area contributed by atoms with Gasteiger partial charge in [-0.3, -0.25) is 0 Å². The number of benzene rings is 1. The summed E-state index contributed by atoms with van der Waals surface area (Å²) in [6.45, 7) is 6.07. The van der Waals surface area contributed by atoms with Gasteiger partial charge >= 0.3 is 6.03 Å². The molecule has 0 spiro atoms. The zero-order chi connectivity index (χ0) is 16.8. The van der Waals surface area contributed by atoms with Gasteiger partial charge in [0.05, 0.1) is 0 Å². The quantitative estimate of drug-likeness (QED) is 0.755. The molecule has 6 heteroatoms. The summed E-state index contributed by atoms with van der Waals surface area (Å²) in [7, 11) is 0. The van der Waals surface area contributed by atoms with Gasteiger partial charge in [-0.15, -0.1) is 11.3 Å². The average Bonchev–Trinajstić information content (AvgIpc) is 2.94. The van der Waals surface area contributed by atoms with Crippen LogP contribution in [0.15, 0.2) is 29.6 Å². The first-order valence-electron chi connectivity index (χ1n) is 7.70. The molecule has 0 saturated carbocycles. The van der Waals surface area contributed by atoms with Crippen molar-refractivity contribution in [3.63, 3.8) is 0 Å². The zero-order valence-corrected chi connectivity index (χ0v) is 14.5. The lowest BCUT2D eigenvalue weighted by molar-refractivity contribution is 0.227. The molecule has 3 N–H and O–H groups in total. The highest BCUT2D eigenvalue weighted by Gasteiger charge is 2.15. The van der Waals surface area contributed by atoms with E-state index in [2.05, 4.69) is 15.6 Å². The number of aliphatic hydroxyl groups is 1. The normalized spacial score (nSPS) is 12.2. The van der Waals surface area contributed by atoms with Crippen LogP contribution in [0, 0.1) is 12.8 Å². The van der Waals surface area contributed by atoms with Crippen LogP contribution in [-0.2, 0) is 0 Å². The number of amides is 2. The average molecular weight is 333 g/mol. The van der Waals surface area contributed by atoms with Crippen LogP contribution in [0.2, 0.25) is 0 Å². The minimum absolute atomic E-state index is 0.0439. The number of rotatable bonds is 6. The van der Waals surface area contributed by atoms with Crippen LogP contribution in [0.5, 0.6) is 0 Å². The third-order valence-corrected chi connectivity index (χ3v) is 4.58. The summed E-state index contributed by atoms with van der Waals surface area (Å²) < 4.78 is 0. The van der Waals surface area contributed by atoms with Crippen molar-refractivity contribution in [2.75, 3.05) is 11.9 Å². The predicted molar refractivity (Wildman–Crippen MR) is 94.8 cm³/mol. The maximum absolute atomic E-state index is 12.0. The highest BCUT2D eigenvalue weighted by atomic mass is 32.1. The van der Waals surface area contributed by atoms with Crippen LogP contribution in [0.1, 0.15) is 26.0 Å². The fourth-order valence-corrected chi connectivity index (χ4v) is 3.03. The van der Waals surface area contributed by atoms with E-state index in [1.807, 2.05) is 50.4 Å². The van der Waals surface area contributed by atoms with Crippen LogP contribution < -0.4 is 10.6 Å². The lowest BCUT2D eigenvalue weighted by Gasteiger charge is -2.21. The molecule has 0 fully saturated rings. The van der Waals surface area contributed by atoms with E-state index in [-0.39, 0.29) is 24.6 Å². The van der Waals surface area contributed by atoms with Crippen molar-refractivity contribution in [2.45, 2.75) is 33.2 Å². The molecule has 0 bridgehead atoms. The lowest BCUT2D eigenvalue weighted by atomic mass is 10.0. The Morgan fingerprint density at radius 3 is 2.52 bits per heavy atom. The van der Waals surface area contributed by atoms with E-state index in [9.17, 15) is 4.79 Å². The Morgan fingerprint density at radius 2 is 2.00 bits per heavy atom. The third kappa shape index (κ3) is 5.04. The second-order valence-corrected chi connectivity index (χ2v) is 6.69.